The molecule has 0 aliphatic heterocycles. The Morgan fingerprint density at radius 2 is 1.83 bits per heavy atom. The molecule has 0 fully saturated rings. The molecular formula is C23H24N2O5. The van der Waals surface area contributed by atoms with Crippen LogP contribution in [0.3, 0.4) is 0 Å². The van der Waals surface area contributed by atoms with Crippen LogP contribution in [-0.4, -0.2) is 12.0 Å². The standard InChI is InChI=1S/C23H24N2O5/c1-13(2)18-10-19-17(9-21(26)30-20(19)8-14(18)3)12-29-22(27)16-6-4-15(5-7-16)11-25-23(24)28/h4-10,13H,11-12H2,1-3H3,(H3,24,25,28). The zero-order valence-electron chi connectivity index (χ0n) is 17.2. The summed E-state index contributed by atoms with van der Waals surface area (Å²) in [5.74, 6) is -0.207. The SMILES string of the molecule is Cc1cc2oc(=O)cc(COC(=O)c3ccc(CNC(N)=O)cc3)c2cc1C(C)C. The van der Waals surface area contributed by atoms with Gasteiger partial charge in [0.1, 0.15) is 12.2 Å². The van der Waals surface area contributed by atoms with Gasteiger partial charge in [-0.05, 0) is 53.8 Å². The third kappa shape index (κ3) is 4.86. The fourth-order valence-electron chi connectivity index (χ4n) is 3.31. The number of ether oxygens (including phenoxy) is 1. The molecule has 3 rings (SSSR count). The number of esters is 1. The first kappa shape index (κ1) is 21.1. The molecule has 3 N–H and O–H groups in total. The highest BCUT2D eigenvalue weighted by Crippen LogP contribution is 2.27. The fraction of sp³-hybridized carbons (Fsp3) is 0.261. The summed E-state index contributed by atoms with van der Waals surface area (Å²) in [6.45, 7) is 6.38. The van der Waals surface area contributed by atoms with Crippen molar-refractivity contribution >= 4 is 23.0 Å². The van der Waals surface area contributed by atoms with E-state index in [4.69, 9.17) is 14.9 Å². The number of fused-ring (bicyclic) bond motifs is 1. The first-order valence-electron chi connectivity index (χ1n) is 9.61. The molecule has 7 heteroatoms. The summed E-state index contributed by atoms with van der Waals surface area (Å²) >= 11 is 0. The Kier molecular flexibility index (Phi) is 6.20. The van der Waals surface area contributed by atoms with Gasteiger partial charge in [0.15, 0.2) is 0 Å². The lowest BCUT2D eigenvalue weighted by Gasteiger charge is -2.13. The van der Waals surface area contributed by atoms with Crippen molar-refractivity contribution in [2.24, 2.45) is 5.73 Å². The number of nitrogens with two attached hydrogens (primary N) is 1. The molecule has 0 radical (unpaired) electrons. The van der Waals surface area contributed by atoms with E-state index >= 15 is 0 Å². The lowest BCUT2D eigenvalue weighted by Crippen LogP contribution is -2.28. The zero-order chi connectivity index (χ0) is 21.8. The number of nitrogens with one attached hydrogen (secondary N) is 1. The number of amides is 2. The summed E-state index contributed by atoms with van der Waals surface area (Å²) < 4.78 is 10.8. The van der Waals surface area contributed by atoms with Crippen molar-refractivity contribution in [3.8, 4) is 0 Å². The zero-order valence-corrected chi connectivity index (χ0v) is 17.2. The summed E-state index contributed by atoms with van der Waals surface area (Å²) in [6.07, 6.45) is 0. The number of primary amides is 1. The molecule has 1 heterocycles. The summed E-state index contributed by atoms with van der Waals surface area (Å²) in [5, 5.41) is 3.23. The predicted octanol–water partition coefficient (Wildman–Crippen LogP) is 3.75. The van der Waals surface area contributed by atoms with Gasteiger partial charge in [-0.15, -0.1) is 0 Å². The van der Waals surface area contributed by atoms with E-state index in [0.29, 0.717) is 22.6 Å². The average molecular weight is 408 g/mol. The van der Waals surface area contributed by atoms with Gasteiger partial charge in [-0.1, -0.05) is 26.0 Å². The van der Waals surface area contributed by atoms with Crippen molar-refractivity contribution in [3.05, 3.63) is 80.7 Å². The maximum Gasteiger partial charge on any atom is 0.338 e. The van der Waals surface area contributed by atoms with Gasteiger partial charge in [0.25, 0.3) is 0 Å². The Morgan fingerprint density at radius 3 is 2.47 bits per heavy atom. The van der Waals surface area contributed by atoms with Gasteiger partial charge < -0.3 is 20.2 Å². The molecule has 0 atom stereocenters. The van der Waals surface area contributed by atoms with Gasteiger partial charge in [-0.3, -0.25) is 0 Å². The maximum absolute atomic E-state index is 12.4. The van der Waals surface area contributed by atoms with Gasteiger partial charge in [-0.2, -0.15) is 0 Å². The highest BCUT2D eigenvalue weighted by molar-refractivity contribution is 5.89. The van der Waals surface area contributed by atoms with Crippen LogP contribution in [0, 0.1) is 6.92 Å². The molecule has 0 saturated carbocycles. The molecule has 156 valence electrons. The van der Waals surface area contributed by atoms with Crippen molar-refractivity contribution in [1.82, 2.24) is 5.32 Å². The first-order valence-corrected chi connectivity index (χ1v) is 9.61. The Hall–Kier alpha value is -3.61. The molecule has 2 amide bonds. The van der Waals surface area contributed by atoms with Crippen molar-refractivity contribution in [2.45, 2.75) is 39.8 Å². The highest BCUT2D eigenvalue weighted by atomic mass is 16.5. The second-order valence-corrected chi connectivity index (χ2v) is 7.44. The van der Waals surface area contributed by atoms with Crippen LogP contribution in [0.5, 0.6) is 0 Å². The van der Waals surface area contributed by atoms with Gasteiger partial charge in [0.2, 0.25) is 0 Å². The fourth-order valence-corrected chi connectivity index (χ4v) is 3.31. The van der Waals surface area contributed by atoms with E-state index in [-0.39, 0.29) is 13.2 Å². The molecule has 0 bridgehead atoms. The van der Waals surface area contributed by atoms with Crippen LogP contribution in [0.15, 0.2) is 51.7 Å². The Morgan fingerprint density at radius 1 is 1.13 bits per heavy atom. The average Bonchev–Trinajstić information content (AvgIpc) is 2.69. The molecule has 1 aromatic heterocycles. The smallest absolute Gasteiger partial charge is 0.338 e. The normalized spacial score (nSPS) is 10.9. The van der Waals surface area contributed by atoms with Crippen molar-refractivity contribution in [2.75, 3.05) is 0 Å². The quantitative estimate of drug-likeness (QED) is 0.477. The van der Waals surface area contributed by atoms with E-state index in [1.54, 1.807) is 24.3 Å². The maximum atomic E-state index is 12.4. The van der Waals surface area contributed by atoms with Crippen LogP contribution in [0.2, 0.25) is 0 Å². The van der Waals surface area contributed by atoms with Gasteiger partial charge in [0.05, 0.1) is 5.56 Å². The van der Waals surface area contributed by atoms with Gasteiger partial charge in [-0.25, -0.2) is 14.4 Å². The molecular weight excluding hydrogens is 384 g/mol. The number of aryl methyl sites for hydroxylation is 1. The van der Waals surface area contributed by atoms with Crippen LogP contribution in [0.25, 0.3) is 11.0 Å². The minimum absolute atomic E-state index is 0.0491. The molecule has 30 heavy (non-hydrogen) atoms. The molecule has 0 aliphatic rings. The second-order valence-electron chi connectivity index (χ2n) is 7.44. The Labute approximate surface area is 173 Å². The van der Waals surface area contributed by atoms with Crippen LogP contribution >= 0.6 is 0 Å². The lowest BCUT2D eigenvalue weighted by atomic mass is 9.95. The number of hydrogen-bond acceptors (Lipinski definition) is 5. The summed E-state index contributed by atoms with van der Waals surface area (Å²) in [6, 6.07) is 11.2. The van der Waals surface area contributed by atoms with Gasteiger partial charge >= 0.3 is 17.6 Å². The van der Waals surface area contributed by atoms with Crippen LogP contribution in [0.4, 0.5) is 4.79 Å². The molecule has 0 saturated heterocycles. The number of rotatable bonds is 6. The van der Waals surface area contributed by atoms with Crippen LogP contribution in [-0.2, 0) is 17.9 Å². The van der Waals surface area contributed by atoms with Crippen LogP contribution < -0.4 is 16.7 Å². The number of carbonyl (C=O) groups is 2. The van der Waals surface area contributed by atoms with Crippen LogP contribution in [0.1, 0.15) is 52.4 Å². The molecule has 3 aromatic rings. The highest BCUT2D eigenvalue weighted by Gasteiger charge is 2.14. The minimum Gasteiger partial charge on any atom is -0.457 e. The van der Waals surface area contributed by atoms with Gasteiger partial charge in [0, 0.05) is 23.6 Å². The van der Waals surface area contributed by atoms with E-state index in [2.05, 4.69) is 19.2 Å². The largest absolute Gasteiger partial charge is 0.457 e. The predicted molar refractivity (Wildman–Crippen MR) is 113 cm³/mol. The monoisotopic (exact) mass is 408 g/mol. The Balaban J connectivity index is 1.79. The van der Waals surface area contributed by atoms with Crippen molar-refractivity contribution in [3.63, 3.8) is 0 Å². The van der Waals surface area contributed by atoms with E-state index in [1.807, 2.05) is 19.1 Å². The summed E-state index contributed by atoms with van der Waals surface area (Å²) in [7, 11) is 0. The van der Waals surface area contributed by atoms with E-state index in [0.717, 1.165) is 22.1 Å². The Bertz CT molecular complexity index is 1150. The number of benzene rings is 2. The number of urea groups is 1. The molecule has 0 aliphatic carbocycles. The number of hydrogen-bond donors (Lipinski definition) is 2. The molecule has 7 nitrogen and oxygen atoms in total. The van der Waals surface area contributed by atoms with Crippen molar-refractivity contribution in [1.29, 1.82) is 0 Å². The summed E-state index contributed by atoms with van der Waals surface area (Å²) in [4.78, 5) is 35.2. The van der Waals surface area contributed by atoms with E-state index in [1.165, 1.54) is 6.07 Å². The number of carbonyl (C=O) groups excluding carboxylic acids is 2. The first-order chi connectivity index (χ1) is 14.2. The van der Waals surface area contributed by atoms with E-state index in [9.17, 15) is 14.4 Å². The topological polar surface area (TPSA) is 112 Å². The molecule has 0 spiro atoms. The second kappa shape index (κ2) is 8.82. The minimum atomic E-state index is -0.617. The third-order valence-electron chi connectivity index (χ3n) is 4.85. The lowest BCUT2D eigenvalue weighted by molar-refractivity contribution is 0.0473. The third-order valence-corrected chi connectivity index (χ3v) is 4.85. The van der Waals surface area contributed by atoms with Crippen molar-refractivity contribution < 1.29 is 18.7 Å². The van der Waals surface area contributed by atoms with E-state index < -0.39 is 17.6 Å². The molecule has 2 aromatic carbocycles. The summed E-state index contributed by atoms with van der Waals surface area (Å²) in [5.41, 5.74) is 8.97. The molecule has 0 unspecified atom stereocenters.